The summed E-state index contributed by atoms with van der Waals surface area (Å²) in [5, 5.41) is 14.9. The third-order valence-corrected chi connectivity index (χ3v) is 2.22. The van der Waals surface area contributed by atoms with Crippen LogP contribution in [0.2, 0.25) is 0 Å². The molecule has 1 heterocycles. The first-order valence-electron chi connectivity index (χ1n) is 6.11. The van der Waals surface area contributed by atoms with E-state index in [9.17, 15) is 4.79 Å². The lowest BCUT2D eigenvalue weighted by molar-refractivity contribution is -0.122. The van der Waals surface area contributed by atoms with E-state index in [2.05, 4.69) is 10.6 Å². The second-order valence-corrected chi connectivity index (χ2v) is 5.25. The second-order valence-electron chi connectivity index (χ2n) is 5.25. The molecule has 0 bridgehead atoms. The van der Waals surface area contributed by atoms with Crippen LogP contribution in [0, 0.1) is 0 Å². The highest BCUT2D eigenvalue weighted by Gasteiger charge is 2.12. The van der Waals surface area contributed by atoms with Gasteiger partial charge in [-0.15, -0.1) is 0 Å². The van der Waals surface area contributed by atoms with Crippen LogP contribution in [0.3, 0.4) is 0 Å². The van der Waals surface area contributed by atoms with Crippen LogP contribution in [-0.2, 0) is 17.9 Å². The molecule has 1 amide bonds. The molecule has 5 nitrogen and oxygen atoms in total. The third-order valence-electron chi connectivity index (χ3n) is 2.22. The van der Waals surface area contributed by atoms with Gasteiger partial charge in [-0.25, -0.2) is 0 Å². The molecule has 0 fully saturated rings. The minimum atomic E-state index is -0.186. The van der Waals surface area contributed by atoms with Crippen LogP contribution in [0.1, 0.15) is 38.7 Å². The molecule has 0 aliphatic rings. The molecule has 0 radical (unpaired) electrons. The normalized spacial score (nSPS) is 11.6. The van der Waals surface area contributed by atoms with E-state index < -0.39 is 0 Å². The maximum absolute atomic E-state index is 11.5. The van der Waals surface area contributed by atoms with Gasteiger partial charge in [-0.3, -0.25) is 4.79 Å². The number of hydrogen-bond acceptors (Lipinski definition) is 4. The van der Waals surface area contributed by atoms with Crippen molar-refractivity contribution in [3.63, 3.8) is 0 Å². The number of carbonyl (C=O) groups is 1. The number of rotatable bonds is 6. The zero-order valence-corrected chi connectivity index (χ0v) is 11.2. The molecule has 0 spiro atoms. The fraction of sp³-hybridized carbons (Fsp3) is 0.615. The Bertz CT molecular complexity index is 380. The number of amides is 1. The molecule has 18 heavy (non-hydrogen) atoms. The molecule has 0 aliphatic heterocycles. The predicted molar refractivity (Wildman–Crippen MR) is 68.9 cm³/mol. The van der Waals surface area contributed by atoms with Crippen LogP contribution in [0.4, 0.5) is 0 Å². The summed E-state index contributed by atoms with van der Waals surface area (Å²) in [7, 11) is 0. The summed E-state index contributed by atoms with van der Waals surface area (Å²) in [6, 6.07) is 3.55. The van der Waals surface area contributed by atoms with Crippen LogP contribution < -0.4 is 10.6 Å². The van der Waals surface area contributed by atoms with E-state index in [-0.39, 0.29) is 18.1 Å². The Labute approximate surface area is 108 Å². The molecular weight excluding hydrogens is 232 g/mol. The monoisotopic (exact) mass is 254 g/mol. The Hall–Kier alpha value is -1.33. The average Bonchev–Trinajstić information content (AvgIpc) is 2.70. The lowest BCUT2D eigenvalue weighted by Crippen LogP contribution is -2.41. The Balaban J connectivity index is 2.17. The second kappa shape index (κ2) is 6.56. The molecule has 0 saturated carbocycles. The summed E-state index contributed by atoms with van der Waals surface area (Å²) in [5.74, 6) is 1.35. The van der Waals surface area contributed by atoms with E-state index >= 15 is 0 Å². The van der Waals surface area contributed by atoms with Gasteiger partial charge in [0, 0.05) is 18.5 Å². The first-order valence-corrected chi connectivity index (χ1v) is 6.11. The van der Waals surface area contributed by atoms with E-state index in [4.69, 9.17) is 9.52 Å². The largest absolute Gasteiger partial charge is 0.462 e. The summed E-state index contributed by atoms with van der Waals surface area (Å²) < 4.78 is 5.31. The molecule has 0 aliphatic carbocycles. The highest BCUT2D eigenvalue weighted by Crippen LogP contribution is 2.07. The molecule has 0 atom stereocenters. The van der Waals surface area contributed by atoms with Crippen molar-refractivity contribution in [2.75, 3.05) is 6.54 Å². The van der Waals surface area contributed by atoms with Crippen molar-refractivity contribution in [2.24, 2.45) is 0 Å². The predicted octanol–water partition coefficient (Wildman–Crippen LogP) is 1.17. The van der Waals surface area contributed by atoms with Gasteiger partial charge in [-0.2, -0.15) is 0 Å². The van der Waals surface area contributed by atoms with Crippen LogP contribution in [0.25, 0.3) is 0 Å². The minimum absolute atomic E-state index is 0.0329. The molecule has 3 N–H and O–H groups in total. The standard InChI is InChI=1S/C13H22N2O3/c1-13(2,3)15-12(17)6-7-14-8-10-4-5-11(9-16)18-10/h4-5,14,16H,6-9H2,1-3H3,(H,15,17). The number of aliphatic hydroxyl groups is 1. The third kappa shape index (κ3) is 5.84. The average molecular weight is 254 g/mol. The van der Waals surface area contributed by atoms with E-state index in [1.165, 1.54) is 0 Å². The van der Waals surface area contributed by atoms with Crippen LogP contribution >= 0.6 is 0 Å². The molecular formula is C13H22N2O3. The molecule has 1 rings (SSSR count). The van der Waals surface area contributed by atoms with E-state index in [0.717, 1.165) is 5.76 Å². The molecule has 5 heteroatoms. The highest BCUT2D eigenvalue weighted by atomic mass is 16.4. The van der Waals surface area contributed by atoms with Gasteiger partial charge in [0.25, 0.3) is 0 Å². The lowest BCUT2D eigenvalue weighted by atomic mass is 10.1. The van der Waals surface area contributed by atoms with Crippen molar-refractivity contribution in [3.05, 3.63) is 23.7 Å². The molecule has 1 aromatic heterocycles. The Morgan fingerprint density at radius 3 is 2.56 bits per heavy atom. The zero-order valence-electron chi connectivity index (χ0n) is 11.2. The SMILES string of the molecule is CC(C)(C)NC(=O)CCNCc1ccc(CO)o1. The van der Waals surface area contributed by atoms with Gasteiger partial charge in [-0.1, -0.05) is 0 Å². The van der Waals surface area contributed by atoms with Gasteiger partial charge in [0.15, 0.2) is 0 Å². The van der Waals surface area contributed by atoms with Crippen LogP contribution in [0.15, 0.2) is 16.5 Å². The fourth-order valence-electron chi connectivity index (χ4n) is 1.50. The maximum Gasteiger partial charge on any atom is 0.221 e. The number of hydrogen-bond donors (Lipinski definition) is 3. The Kier molecular flexibility index (Phi) is 5.37. The first kappa shape index (κ1) is 14.7. The lowest BCUT2D eigenvalue weighted by Gasteiger charge is -2.20. The number of furan rings is 1. The van der Waals surface area contributed by atoms with Crippen molar-refractivity contribution >= 4 is 5.91 Å². The quantitative estimate of drug-likeness (QED) is 0.666. The van der Waals surface area contributed by atoms with Crippen molar-refractivity contribution in [1.82, 2.24) is 10.6 Å². The molecule has 0 aromatic carbocycles. The Morgan fingerprint density at radius 1 is 1.33 bits per heavy atom. The highest BCUT2D eigenvalue weighted by molar-refractivity contribution is 5.76. The molecule has 0 unspecified atom stereocenters. The topological polar surface area (TPSA) is 74.5 Å². The van der Waals surface area contributed by atoms with E-state index in [1.807, 2.05) is 26.8 Å². The van der Waals surface area contributed by atoms with Gasteiger partial charge in [0.05, 0.1) is 6.54 Å². The van der Waals surface area contributed by atoms with E-state index in [1.54, 1.807) is 6.07 Å². The van der Waals surface area contributed by atoms with Gasteiger partial charge >= 0.3 is 0 Å². The number of carbonyl (C=O) groups excluding carboxylic acids is 1. The fourth-order valence-corrected chi connectivity index (χ4v) is 1.50. The molecule has 1 aromatic rings. The summed E-state index contributed by atoms with van der Waals surface area (Å²) >= 11 is 0. The van der Waals surface area contributed by atoms with Crippen molar-refractivity contribution in [3.8, 4) is 0 Å². The zero-order chi connectivity index (χ0) is 13.6. The summed E-state index contributed by atoms with van der Waals surface area (Å²) in [4.78, 5) is 11.5. The van der Waals surface area contributed by atoms with Crippen molar-refractivity contribution < 1.29 is 14.3 Å². The van der Waals surface area contributed by atoms with Gasteiger partial charge in [0.1, 0.15) is 18.1 Å². The number of nitrogens with one attached hydrogen (secondary N) is 2. The maximum atomic E-state index is 11.5. The molecule has 0 saturated heterocycles. The van der Waals surface area contributed by atoms with E-state index in [0.29, 0.717) is 25.3 Å². The molecule has 102 valence electrons. The minimum Gasteiger partial charge on any atom is -0.462 e. The Morgan fingerprint density at radius 2 is 2.00 bits per heavy atom. The van der Waals surface area contributed by atoms with Gasteiger partial charge in [-0.05, 0) is 32.9 Å². The first-order chi connectivity index (χ1) is 8.40. The summed E-state index contributed by atoms with van der Waals surface area (Å²) in [6.07, 6.45) is 0.435. The van der Waals surface area contributed by atoms with Gasteiger partial charge in [0.2, 0.25) is 5.91 Å². The van der Waals surface area contributed by atoms with Crippen LogP contribution in [-0.4, -0.2) is 23.1 Å². The summed E-state index contributed by atoms with van der Waals surface area (Å²) in [6.45, 7) is 6.93. The smallest absolute Gasteiger partial charge is 0.221 e. The number of aliphatic hydroxyl groups excluding tert-OH is 1. The van der Waals surface area contributed by atoms with Gasteiger partial charge < -0.3 is 20.2 Å². The summed E-state index contributed by atoms with van der Waals surface area (Å²) in [5.41, 5.74) is -0.186. The van der Waals surface area contributed by atoms with Crippen molar-refractivity contribution in [1.29, 1.82) is 0 Å². The van der Waals surface area contributed by atoms with Crippen LogP contribution in [0.5, 0.6) is 0 Å². The van der Waals surface area contributed by atoms with Crippen molar-refractivity contribution in [2.45, 2.75) is 45.9 Å².